The summed E-state index contributed by atoms with van der Waals surface area (Å²) in [6.07, 6.45) is 1.17. The van der Waals surface area contributed by atoms with E-state index in [0.717, 1.165) is 11.8 Å². The standard InChI is InChI=1S/C13H7F5N2O2S/c14-8-9(15)11(17)13(12(18)10(8)16)19-6(21)5-23-7-3-1-2-4-20(7)22/h1-4H,5H2,(H,19,21). The molecule has 23 heavy (non-hydrogen) atoms. The third kappa shape index (κ3) is 3.52. The number of hydrogen-bond acceptors (Lipinski definition) is 3. The van der Waals surface area contributed by atoms with Crippen molar-refractivity contribution in [1.82, 2.24) is 0 Å². The van der Waals surface area contributed by atoms with Gasteiger partial charge in [-0.1, -0.05) is 0 Å². The number of nitrogens with one attached hydrogen (secondary N) is 1. The van der Waals surface area contributed by atoms with E-state index >= 15 is 0 Å². The van der Waals surface area contributed by atoms with Crippen LogP contribution in [0.4, 0.5) is 27.6 Å². The maximum Gasteiger partial charge on any atom is 0.251 e. The first-order chi connectivity index (χ1) is 10.8. The first kappa shape index (κ1) is 17.0. The zero-order valence-electron chi connectivity index (χ0n) is 11.1. The molecule has 1 N–H and O–H groups in total. The Kier molecular flexibility index (Phi) is 5.04. The number of carbonyl (C=O) groups excluding carboxylic acids is 1. The van der Waals surface area contributed by atoms with Crippen LogP contribution in [0.25, 0.3) is 0 Å². The topological polar surface area (TPSA) is 56.0 Å². The molecule has 1 aromatic heterocycles. The maximum absolute atomic E-state index is 13.4. The van der Waals surface area contributed by atoms with Crippen molar-refractivity contribution in [3.8, 4) is 0 Å². The molecule has 1 heterocycles. The molecule has 0 atom stereocenters. The van der Waals surface area contributed by atoms with Crippen molar-refractivity contribution < 1.29 is 31.5 Å². The number of aromatic nitrogens is 1. The molecule has 1 aromatic carbocycles. The van der Waals surface area contributed by atoms with E-state index in [9.17, 15) is 32.0 Å². The van der Waals surface area contributed by atoms with Crippen molar-refractivity contribution in [2.24, 2.45) is 0 Å². The van der Waals surface area contributed by atoms with Crippen LogP contribution in [0.2, 0.25) is 0 Å². The van der Waals surface area contributed by atoms with Gasteiger partial charge in [0.1, 0.15) is 5.69 Å². The van der Waals surface area contributed by atoms with Crippen LogP contribution in [0, 0.1) is 34.3 Å². The zero-order chi connectivity index (χ0) is 17.1. The van der Waals surface area contributed by atoms with E-state index in [2.05, 4.69) is 0 Å². The maximum atomic E-state index is 13.4. The van der Waals surface area contributed by atoms with Gasteiger partial charge in [-0.05, 0) is 17.8 Å². The fraction of sp³-hybridized carbons (Fsp3) is 0.0769. The van der Waals surface area contributed by atoms with Gasteiger partial charge in [0, 0.05) is 12.1 Å². The van der Waals surface area contributed by atoms with E-state index < -0.39 is 46.4 Å². The molecule has 0 aliphatic rings. The molecular formula is C13H7F5N2O2S. The Balaban J connectivity index is 2.14. The molecule has 0 saturated carbocycles. The van der Waals surface area contributed by atoms with Gasteiger partial charge in [-0.15, -0.1) is 0 Å². The molecule has 122 valence electrons. The van der Waals surface area contributed by atoms with Crippen molar-refractivity contribution in [3.63, 3.8) is 0 Å². The molecule has 0 bridgehead atoms. The first-order valence-electron chi connectivity index (χ1n) is 5.95. The van der Waals surface area contributed by atoms with Crippen LogP contribution in [0.3, 0.4) is 0 Å². The zero-order valence-corrected chi connectivity index (χ0v) is 11.9. The van der Waals surface area contributed by atoms with Crippen LogP contribution in [-0.2, 0) is 4.79 Å². The molecule has 2 aromatic rings. The smallest absolute Gasteiger partial charge is 0.251 e. The van der Waals surface area contributed by atoms with Gasteiger partial charge < -0.3 is 10.5 Å². The van der Waals surface area contributed by atoms with Gasteiger partial charge in [-0.2, -0.15) is 4.73 Å². The molecule has 0 aliphatic carbocycles. The van der Waals surface area contributed by atoms with E-state index in [1.807, 2.05) is 0 Å². The molecule has 0 saturated heterocycles. The number of carbonyl (C=O) groups is 1. The van der Waals surface area contributed by atoms with Crippen molar-refractivity contribution in [2.75, 3.05) is 11.1 Å². The third-order valence-electron chi connectivity index (χ3n) is 2.61. The first-order valence-corrected chi connectivity index (χ1v) is 6.93. The summed E-state index contributed by atoms with van der Waals surface area (Å²) in [5.74, 6) is -12.4. The van der Waals surface area contributed by atoms with Crippen molar-refractivity contribution >= 4 is 23.4 Å². The SMILES string of the molecule is O=C(CSc1cccc[n+]1[O-])Nc1c(F)c(F)c(F)c(F)c1F. The second-order valence-electron chi connectivity index (χ2n) is 4.15. The molecular weight excluding hydrogens is 343 g/mol. The van der Waals surface area contributed by atoms with Gasteiger partial charge in [0.05, 0.1) is 5.75 Å². The summed E-state index contributed by atoms with van der Waals surface area (Å²) in [7, 11) is 0. The molecule has 0 radical (unpaired) electrons. The van der Waals surface area contributed by atoms with Crippen LogP contribution in [0.1, 0.15) is 0 Å². The van der Waals surface area contributed by atoms with Crippen LogP contribution >= 0.6 is 11.8 Å². The summed E-state index contributed by atoms with van der Waals surface area (Å²) in [6, 6.07) is 4.37. The lowest BCUT2D eigenvalue weighted by Crippen LogP contribution is -2.28. The molecule has 0 aliphatic heterocycles. The second kappa shape index (κ2) is 6.82. The molecule has 0 fully saturated rings. The summed E-state index contributed by atoms with van der Waals surface area (Å²) in [5.41, 5.74) is -1.44. The Bertz CT molecular complexity index is 743. The molecule has 0 unspecified atom stereocenters. The van der Waals surface area contributed by atoms with E-state index in [4.69, 9.17) is 0 Å². The average molecular weight is 350 g/mol. The van der Waals surface area contributed by atoms with E-state index in [1.165, 1.54) is 24.4 Å². The number of anilines is 1. The monoisotopic (exact) mass is 350 g/mol. The number of amides is 1. The van der Waals surface area contributed by atoms with Crippen molar-refractivity contribution in [2.45, 2.75) is 5.03 Å². The highest BCUT2D eigenvalue weighted by atomic mass is 32.2. The minimum atomic E-state index is -2.32. The number of thioether (sulfide) groups is 1. The van der Waals surface area contributed by atoms with Crippen molar-refractivity contribution in [3.05, 3.63) is 58.7 Å². The van der Waals surface area contributed by atoms with Gasteiger partial charge in [-0.25, -0.2) is 22.0 Å². The Morgan fingerprint density at radius 3 is 2.17 bits per heavy atom. The second-order valence-corrected chi connectivity index (χ2v) is 5.14. The van der Waals surface area contributed by atoms with E-state index in [1.54, 1.807) is 5.32 Å². The summed E-state index contributed by atoms with van der Waals surface area (Å²) in [5, 5.41) is 13.1. The molecule has 10 heteroatoms. The summed E-state index contributed by atoms with van der Waals surface area (Å²) < 4.78 is 66.1. The lowest BCUT2D eigenvalue weighted by Gasteiger charge is -2.09. The highest BCUT2D eigenvalue weighted by Gasteiger charge is 2.26. The predicted octanol–water partition coefficient (Wildman–Crippen LogP) is 2.75. The highest BCUT2D eigenvalue weighted by Crippen LogP contribution is 2.27. The number of nitrogens with zero attached hydrogens (tertiary/aromatic N) is 1. The highest BCUT2D eigenvalue weighted by molar-refractivity contribution is 7.99. The predicted molar refractivity (Wildman–Crippen MR) is 71.0 cm³/mol. The number of rotatable bonds is 4. The quantitative estimate of drug-likeness (QED) is 0.230. The van der Waals surface area contributed by atoms with Gasteiger partial charge in [-0.3, -0.25) is 4.79 Å². The van der Waals surface area contributed by atoms with E-state index in [-0.39, 0.29) is 5.03 Å². The fourth-order valence-corrected chi connectivity index (χ4v) is 2.27. The largest absolute Gasteiger partial charge is 0.618 e. The summed E-state index contributed by atoms with van der Waals surface area (Å²) in [4.78, 5) is 11.6. The van der Waals surface area contributed by atoms with Gasteiger partial charge >= 0.3 is 0 Å². The summed E-state index contributed by atoms with van der Waals surface area (Å²) in [6.45, 7) is 0. The molecule has 0 spiro atoms. The van der Waals surface area contributed by atoms with Crippen LogP contribution in [-0.4, -0.2) is 11.7 Å². The van der Waals surface area contributed by atoms with Crippen molar-refractivity contribution in [1.29, 1.82) is 0 Å². The average Bonchev–Trinajstić information content (AvgIpc) is 2.54. The Labute approximate surface area is 130 Å². The third-order valence-corrected chi connectivity index (χ3v) is 3.63. The number of benzene rings is 1. The van der Waals surface area contributed by atoms with Gasteiger partial charge in [0.2, 0.25) is 11.7 Å². The van der Waals surface area contributed by atoms with Crippen LogP contribution in [0.15, 0.2) is 29.4 Å². The lowest BCUT2D eigenvalue weighted by atomic mass is 10.2. The summed E-state index contributed by atoms with van der Waals surface area (Å²) >= 11 is 0.730. The Hall–Kier alpha value is -2.36. The Morgan fingerprint density at radius 2 is 1.61 bits per heavy atom. The molecule has 1 amide bonds. The number of pyridine rings is 1. The number of halogens is 5. The molecule has 2 rings (SSSR count). The van der Waals surface area contributed by atoms with Gasteiger partial charge in [0.15, 0.2) is 29.5 Å². The molecule has 4 nitrogen and oxygen atoms in total. The normalized spacial score (nSPS) is 10.7. The fourth-order valence-electron chi connectivity index (χ4n) is 1.55. The minimum absolute atomic E-state index is 0.125. The van der Waals surface area contributed by atoms with Gasteiger partial charge in [0.25, 0.3) is 5.03 Å². The lowest BCUT2D eigenvalue weighted by molar-refractivity contribution is -0.645. The van der Waals surface area contributed by atoms with Crippen LogP contribution in [0.5, 0.6) is 0 Å². The number of hydrogen-bond donors (Lipinski definition) is 1. The minimum Gasteiger partial charge on any atom is -0.618 e. The van der Waals surface area contributed by atoms with E-state index in [0.29, 0.717) is 4.73 Å². The van der Waals surface area contributed by atoms with Crippen LogP contribution < -0.4 is 10.0 Å². The Morgan fingerprint density at radius 1 is 1.04 bits per heavy atom.